The minimum absolute atomic E-state index is 0.00599. The number of nitrogens with one attached hydrogen (secondary N) is 2. The molecule has 4 heterocycles. The fourth-order valence-electron chi connectivity index (χ4n) is 4.45. The van der Waals surface area contributed by atoms with E-state index in [1.54, 1.807) is 11.3 Å². The van der Waals surface area contributed by atoms with Gasteiger partial charge in [0, 0.05) is 11.3 Å². The van der Waals surface area contributed by atoms with Crippen LogP contribution in [-0.4, -0.2) is 38.3 Å². The van der Waals surface area contributed by atoms with E-state index in [2.05, 4.69) is 22.8 Å². The van der Waals surface area contributed by atoms with Crippen LogP contribution in [0.2, 0.25) is 0 Å². The lowest BCUT2D eigenvalue weighted by Crippen LogP contribution is -2.44. The van der Waals surface area contributed by atoms with Crippen LogP contribution in [0.25, 0.3) is 0 Å². The molecule has 2 aromatic rings. The predicted molar refractivity (Wildman–Crippen MR) is 105 cm³/mol. The van der Waals surface area contributed by atoms with Crippen LogP contribution >= 0.6 is 11.3 Å². The molecule has 1 fully saturated rings. The summed E-state index contributed by atoms with van der Waals surface area (Å²) in [6.45, 7) is 3.21. The van der Waals surface area contributed by atoms with Crippen LogP contribution in [0.1, 0.15) is 38.5 Å². The summed E-state index contributed by atoms with van der Waals surface area (Å²) >= 11 is 1.63. The zero-order valence-corrected chi connectivity index (χ0v) is 16.1. The van der Waals surface area contributed by atoms with Gasteiger partial charge in [0.15, 0.2) is 0 Å². The number of fused-ring (bicyclic) bond motifs is 3. The molecular weight excluding hydrogens is 360 g/mol. The largest absolute Gasteiger partial charge is 0.491 e. The first-order valence-electron chi connectivity index (χ1n) is 9.73. The number of hydrogen-bond donors (Lipinski definition) is 2. The van der Waals surface area contributed by atoms with Crippen LogP contribution < -0.4 is 15.4 Å². The molecule has 0 saturated carbocycles. The van der Waals surface area contributed by atoms with Crippen molar-refractivity contribution in [2.45, 2.75) is 37.3 Å². The fourth-order valence-corrected chi connectivity index (χ4v) is 5.58. The molecule has 1 unspecified atom stereocenters. The van der Waals surface area contributed by atoms with Gasteiger partial charge >= 0.3 is 0 Å². The first kappa shape index (κ1) is 17.2. The Morgan fingerprint density at radius 2 is 2.11 bits per heavy atom. The van der Waals surface area contributed by atoms with Gasteiger partial charge in [-0.1, -0.05) is 18.2 Å². The Morgan fingerprint density at radius 3 is 3.00 bits per heavy atom. The summed E-state index contributed by atoms with van der Waals surface area (Å²) in [5, 5.41) is 6.58. The van der Waals surface area contributed by atoms with Crippen LogP contribution in [0.15, 0.2) is 30.3 Å². The van der Waals surface area contributed by atoms with Crippen molar-refractivity contribution in [3.63, 3.8) is 0 Å². The van der Waals surface area contributed by atoms with Crippen LogP contribution in [0.5, 0.6) is 5.75 Å². The molecule has 0 aliphatic carbocycles. The lowest BCUT2D eigenvalue weighted by atomic mass is 9.83. The highest BCUT2D eigenvalue weighted by molar-refractivity contribution is 7.14. The molecule has 2 N–H and O–H groups in total. The number of thiophene rings is 1. The van der Waals surface area contributed by atoms with Gasteiger partial charge in [-0.15, -0.1) is 11.3 Å². The highest BCUT2D eigenvalue weighted by Crippen LogP contribution is 2.43. The number of amides is 1. The number of para-hydroxylation sites is 1. The SMILES string of the molecule is O=C(NC1COc2ccccc2C1)c1cc2c(s1)CCOC21CCNCC1. The van der Waals surface area contributed by atoms with Gasteiger partial charge in [0.25, 0.3) is 5.91 Å². The first-order chi connectivity index (χ1) is 13.2. The van der Waals surface area contributed by atoms with Crippen molar-refractivity contribution in [2.75, 3.05) is 26.3 Å². The molecule has 0 radical (unpaired) electrons. The Balaban J connectivity index is 1.33. The molecule has 1 atom stereocenters. The molecular formula is C21H24N2O3S. The molecule has 1 spiro atoms. The van der Waals surface area contributed by atoms with Crippen molar-refractivity contribution >= 4 is 17.2 Å². The topological polar surface area (TPSA) is 59.6 Å². The van der Waals surface area contributed by atoms with Crippen LogP contribution in [0.4, 0.5) is 0 Å². The van der Waals surface area contributed by atoms with Crippen molar-refractivity contribution in [1.82, 2.24) is 10.6 Å². The lowest BCUT2D eigenvalue weighted by Gasteiger charge is -2.40. The molecule has 3 aliphatic rings. The smallest absolute Gasteiger partial charge is 0.261 e. The summed E-state index contributed by atoms with van der Waals surface area (Å²) in [5.74, 6) is 0.936. The highest BCUT2D eigenvalue weighted by Gasteiger charge is 2.40. The number of hydrogen-bond acceptors (Lipinski definition) is 5. The predicted octanol–water partition coefficient (Wildman–Crippen LogP) is 2.63. The molecule has 6 heteroatoms. The molecule has 5 nitrogen and oxygen atoms in total. The second kappa shape index (κ2) is 6.93. The maximum atomic E-state index is 12.9. The van der Waals surface area contributed by atoms with Crippen molar-refractivity contribution in [3.05, 3.63) is 51.2 Å². The molecule has 0 bridgehead atoms. The van der Waals surface area contributed by atoms with Gasteiger partial charge in [-0.2, -0.15) is 0 Å². The van der Waals surface area contributed by atoms with Crippen molar-refractivity contribution in [3.8, 4) is 5.75 Å². The summed E-state index contributed by atoms with van der Waals surface area (Å²) < 4.78 is 12.0. The normalized spacial score (nSPS) is 23.2. The standard InChI is InChI=1S/C21H24N2O3S/c24-20(23-15-11-14-3-1-2-4-17(14)25-13-15)19-12-16-18(27-19)5-10-26-21(16)6-8-22-9-7-21/h1-4,12,15,22H,5-11,13H2,(H,23,24). The third-order valence-electron chi connectivity index (χ3n) is 5.86. The molecule has 3 aliphatic heterocycles. The van der Waals surface area contributed by atoms with Gasteiger partial charge in [0.05, 0.1) is 23.1 Å². The molecule has 142 valence electrons. The first-order valence-corrected chi connectivity index (χ1v) is 10.5. The Labute approximate surface area is 163 Å². The van der Waals surface area contributed by atoms with Gasteiger partial charge in [-0.3, -0.25) is 4.79 Å². The quantitative estimate of drug-likeness (QED) is 0.836. The highest BCUT2D eigenvalue weighted by atomic mass is 32.1. The minimum atomic E-state index is -0.194. The third kappa shape index (κ3) is 3.16. The Bertz CT molecular complexity index is 857. The molecule has 27 heavy (non-hydrogen) atoms. The molecule has 5 rings (SSSR count). The van der Waals surface area contributed by atoms with E-state index in [-0.39, 0.29) is 17.6 Å². The zero-order valence-electron chi connectivity index (χ0n) is 15.3. The lowest BCUT2D eigenvalue weighted by molar-refractivity contribution is -0.0792. The third-order valence-corrected chi connectivity index (χ3v) is 7.05. The van der Waals surface area contributed by atoms with Gasteiger partial charge in [-0.05, 0) is 55.6 Å². The molecule has 1 aromatic carbocycles. The maximum Gasteiger partial charge on any atom is 0.261 e. The summed E-state index contributed by atoms with van der Waals surface area (Å²) in [7, 11) is 0. The van der Waals surface area contributed by atoms with Gasteiger partial charge in [0.1, 0.15) is 12.4 Å². The number of rotatable bonds is 2. The molecule has 1 aromatic heterocycles. The Hall–Kier alpha value is -1.89. The molecule has 1 saturated heterocycles. The van der Waals surface area contributed by atoms with E-state index in [9.17, 15) is 4.79 Å². The summed E-state index contributed by atoms with van der Waals surface area (Å²) in [6.07, 6.45) is 3.67. The maximum absolute atomic E-state index is 12.9. The van der Waals surface area contributed by atoms with Crippen molar-refractivity contribution < 1.29 is 14.3 Å². The van der Waals surface area contributed by atoms with Gasteiger partial charge < -0.3 is 20.1 Å². The van der Waals surface area contributed by atoms with E-state index in [4.69, 9.17) is 9.47 Å². The number of carbonyl (C=O) groups excluding carboxylic acids is 1. The second-order valence-electron chi connectivity index (χ2n) is 7.58. The number of ether oxygens (including phenoxy) is 2. The molecule has 1 amide bonds. The second-order valence-corrected chi connectivity index (χ2v) is 8.72. The number of benzene rings is 1. The average Bonchev–Trinajstić information content (AvgIpc) is 3.15. The van der Waals surface area contributed by atoms with Gasteiger partial charge in [0.2, 0.25) is 0 Å². The van der Waals surface area contributed by atoms with E-state index in [0.29, 0.717) is 6.61 Å². The summed E-state index contributed by atoms with van der Waals surface area (Å²) in [4.78, 5) is 15.0. The average molecular weight is 385 g/mol. The summed E-state index contributed by atoms with van der Waals surface area (Å²) in [5.41, 5.74) is 2.21. The van der Waals surface area contributed by atoms with Gasteiger partial charge in [-0.25, -0.2) is 0 Å². The van der Waals surface area contributed by atoms with E-state index in [0.717, 1.165) is 61.6 Å². The summed E-state index contributed by atoms with van der Waals surface area (Å²) in [6, 6.07) is 10.1. The van der Waals surface area contributed by atoms with Crippen molar-refractivity contribution in [1.29, 1.82) is 0 Å². The number of carbonyl (C=O) groups is 1. The minimum Gasteiger partial charge on any atom is -0.491 e. The van der Waals surface area contributed by atoms with Crippen LogP contribution in [-0.2, 0) is 23.2 Å². The number of piperidine rings is 1. The fraction of sp³-hybridized carbons (Fsp3) is 0.476. The van der Waals surface area contributed by atoms with E-state index < -0.39 is 0 Å². The van der Waals surface area contributed by atoms with E-state index in [1.165, 1.54) is 10.4 Å². The Morgan fingerprint density at radius 1 is 1.26 bits per heavy atom. The zero-order chi connectivity index (χ0) is 18.3. The van der Waals surface area contributed by atoms with Crippen LogP contribution in [0, 0.1) is 0 Å². The van der Waals surface area contributed by atoms with Crippen LogP contribution in [0.3, 0.4) is 0 Å². The Kier molecular flexibility index (Phi) is 4.42. The monoisotopic (exact) mass is 384 g/mol. The van der Waals surface area contributed by atoms with Crippen molar-refractivity contribution in [2.24, 2.45) is 0 Å². The van der Waals surface area contributed by atoms with E-state index in [1.807, 2.05) is 18.2 Å². The van der Waals surface area contributed by atoms with E-state index >= 15 is 0 Å².